The molecule has 12 heavy (non-hydrogen) atoms. The first-order valence-corrected chi connectivity index (χ1v) is 3.79. The minimum absolute atomic E-state index is 0.266. The number of carbonyl (C=O) groups excluding carboxylic acids is 2. The van der Waals surface area contributed by atoms with Crippen LogP contribution in [0.2, 0.25) is 0 Å². The summed E-state index contributed by atoms with van der Waals surface area (Å²) in [4.78, 5) is 21.6. The molecule has 1 aliphatic rings. The first kappa shape index (κ1) is 8.71. The van der Waals surface area contributed by atoms with Crippen LogP contribution in [-0.2, 0) is 9.59 Å². The van der Waals surface area contributed by atoms with Gasteiger partial charge in [-0.1, -0.05) is 11.6 Å². The highest BCUT2D eigenvalue weighted by Crippen LogP contribution is 2.09. The summed E-state index contributed by atoms with van der Waals surface area (Å²) in [5.41, 5.74) is 1.68. The summed E-state index contributed by atoms with van der Waals surface area (Å²) in [6, 6.07) is 0. The minimum Gasteiger partial charge on any atom is -0.289 e. The zero-order valence-electron chi connectivity index (χ0n) is 7.18. The van der Waals surface area contributed by atoms with Crippen molar-refractivity contribution in [2.24, 2.45) is 0 Å². The van der Waals surface area contributed by atoms with Crippen LogP contribution >= 0.6 is 0 Å². The summed E-state index contributed by atoms with van der Waals surface area (Å²) in [6.45, 7) is 3.91. The monoisotopic (exact) mass is 165 g/mol. The van der Waals surface area contributed by atoms with Crippen molar-refractivity contribution < 1.29 is 9.59 Å². The number of allylic oxidation sites excluding steroid dienone is 2. The quantitative estimate of drug-likeness (QED) is 0.488. The molecular formula is C9H11NO2. The van der Waals surface area contributed by atoms with Gasteiger partial charge in [-0.05, 0) is 20.3 Å². The van der Waals surface area contributed by atoms with Gasteiger partial charge in [-0.3, -0.25) is 14.9 Å². The lowest BCUT2D eigenvalue weighted by molar-refractivity contribution is -0.123. The van der Waals surface area contributed by atoms with Crippen molar-refractivity contribution in [1.82, 2.24) is 5.32 Å². The molecule has 0 radical (unpaired) electrons. The van der Waals surface area contributed by atoms with Crippen LogP contribution in [-0.4, -0.2) is 11.8 Å². The average molecular weight is 165 g/mol. The molecule has 1 rings (SSSR count). The smallest absolute Gasteiger partial charge is 0.254 e. The lowest BCUT2D eigenvalue weighted by Crippen LogP contribution is -2.21. The van der Waals surface area contributed by atoms with E-state index in [0.717, 1.165) is 5.57 Å². The highest BCUT2D eigenvalue weighted by atomic mass is 16.2. The van der Waals surface area contributed by atoms with E-state index in [-0.39, 0.29) is 11.8 Å². The maximum absolute atomic E-state index is 11.0. The van der Waals surface area contributed by atoms with Gasteiger partial charge in [0.1, 0.15) is 0 Å². The number of rotatable bonds is 2. The van der Waals surface area contributed by atoms with E-state index in [9.17, 15) is 9.59 Å². The maximum atomic E-state index is 11.0. The fraction of sp³-hybridized carbons (Fsp3) is 0.333. The van der Waals surface area contributed by atoms with Crippen LogP contribution in [0.15, 0.2) is 23.3 Å². The molecule has 2 amide bonds. The molecule has 0 spiro atoms. The molecule has 3 nitrogen and oxygen atoms in total. The molecule has 0 atom stereocenters. The van der Waals surface area contributed by atoms with Crippen LogP contribution in [0, 0.1) is 0 Å². The lowest BCUT2D eigenvalue weighted by atomic mass is 10.1. The predicted molar refractivity (Wildman–Crippen MR) is 45.3 cm³/mol. The molecular weight excluding hydrogens is 154 g/mol. The first-order valence-electron chi connectivity index (χ1n) is 3.79. The van der Waals surface area contributed by atoms with Crippen LogP contribution in [0.5, 0.6) is 0 Å². The third-order valence-corrected chi connectivity index (χ3v) is 1.56. The molecule has 1 aliphatic heterocycles. The van der Waals surface area contributed by atoms with Gasteiger partial charge >= 0.3 is 0 Å². The second-order valence-corrected chi connectivity index (χ2v) is 2.97. The minimum atomic E-state index is -0.308. The van der Waals surface area contributed by atoms with Crippen LogP contribution in [0.25, 0.3) is 0 Å². The van der Waals surface area contributed by atoms with E-state index in [0.29, 0.717) is 12.0 Å². The Hall–Kier alpha value is -1.38. The third-order valence-electron chi connectivity index (χ3n) is 1.56. The van der Waals surface area contributed by atoms with E-state index in [1.54, 1.807) is 0 Å². The van der Waals surface area contributed by atoms with Gasteiger partial charge in [0.2, 0.25) is 0 Å². The van der Waals surface area contributed by atoms with Crippen molar-refractivity contribution in [3.05, 3.63) is 23.3 Å². The second-order valence-electron chi connectivity index (χ2n) is 2.97. The molecule has 64 valence electrons. The molecule has 0 aromatic rings. The number of hydrogen-bond donors (Lipinski definition) is 1. The van der Waals surface area contributed by atoms with E-state index in [1.165, 1.54) is 6.08 Å². The van der Waals surface area contributed by atoms with Crippen LogP contribution in [0.3, 0.4) is 0 Å². The van der Waals surface area contributed by atoms with Crippen molar-refractivity contribution in [2.75, 3.05) is 0 Å². The molecule has 0 saturated carbocycles. The molecule has 0 unspecified atom stereocenters. The summed E-state index contributed by atoms with van der Waals surface area (Å²) in [5, 5.41) is 2.19. The van der Waals surface area contributed by atoms with E-state index in [4.69, 9.17) is 0 Å². The van der Waals surface area contributed by atoms with Crippen LogP contribution in [0.4, 0.5) is 0 Å². The summed E-state index contributed by atoms with van der Waals surface area (Å²) >= 11 is 0. The van der Waals surface area contributed by atoms with Crippen molar-refractivity contribution >= 4 is 11.8 Å². The van der Waals surface area contributed by atoms with Crippen molar-refractivity contribution in [1.29, 1.82) is 0 Å². The molecule has 0 aliphatic carbocycles. The SMILES string of the molecule is CC(C)=CCC1=CC(=O)NC1=O. The zero-order chi connectivity index (χ0) is 9.14. The summed E-state index contributed by atoms with van der Waals surface area (Å²) in [6.07, 6.45) is 3.81. The molecule has 0 saturated heterocycles. The average Bonchev–Trinajstić information content (AvgIpc) is 2.26. The van der Waals surface area contributed by atoms with Gasteiger partial charge in [0.15, 0.2) is 0 Å². The van der Waals surface area contributed by atoms with Crippen molar-refractivity contribution in [3.63, 3.8) is 0 Å². The van der Waals surface area contributed by atoms with E-state index in [2.05, 4.69) is 5.32 Å². The topological polar surface area (TPSA) is 46.2 Å². The highest BCUT2D eigenvalue weighted by molar-refractivity contribution is 6.16. The number of hydrogen-bond acceptors (Lipinski definition) is 2. The van der Waals surface area contributed by atoms with Gasteiger partial charge in [0, 0.05) is 11.6 Å². The number of amides is 2. The molecule has 1 N–H and O–H groups in total. The second kappa shape index (κ2) is 3.34. The largest absolute Gasteiger partial charge is 0.289 e. The van der Waals surface area contributed by atoms with Crippen molar-refractivity contribution in [2.45, 2.75) is 20.3 Å². The molecule has 0 aromatic heterocycles. The Bertz CT molecular complexity index is 283. The van der Waals surface area contributed by atoms with Crippen LogP contribution < -0.4 is 5.32 Å². The normalized spacial score (nSPS) is 15.7. The Morgan fingerprint density at radius 3 is 2.58 bits per heavy atom. The maximum Gasteiger partial charge on any atom is 0.254 e. The predicted octanol–water partition coefficient (Wildman–Crippen LogP) is 0.925. The molecule has 0 aromatic carbocycles. The highest BCUT2D eigenvalue weighted by Gasteiger charge is 2.18. The number of nitrogens with one attached hydrogen (secondary N) is 1. The van der Waals surface area contributed by atoms with Gasteiger partial charge in [-0.25, -0.2) is 0 Å². The Labute approximate surface area is 71.1 Å². The van der Waals surface area contributed by atoms with Gasteiger partial charge in [-0.2, -0.15) is 0 Å². The number of carbonyl (C=O) groups is 2. The van der Waals surface area contributed by atoms with Gasteiger partial charge in [0.25, 0.3) is 11.8 Å². The van der Waals surface area contributed by atoms with Gasteiger partial charge in [0.05, 0.1) is 0 Å². The Morgan fingerprint density at radius 2 is 2.17 bits per heavy atom. The molecule has 3 heteroatoms. The molecule has 1 heterocycles. The first-order chi connectivity index (χ1) is 5.59. The van der Waals surface area contributed by atoms with Gasteiger partial charge in [-0.15, -0.1) is 0 Å². The lowest BCUT2D eigenvalue weighted by Gasteiger charge is -1.93. The summed E-state index contributed by atoms with van der Waals surface area (Å²) in [5.74, 6) is -0.574. The summed E-state index contributed by atoms with van der Waals surface area (Å²) in [7, 11) is 0. The summed E-state index contributed by atoms with van der Waals surface area (Å²) < 4.78 is 0. The Morgan fingerprint density at radius 1 is 1.50 bits per heavy atom. The molecule has 0 fully saturated rings. The molecule has 0 bridgehead atoms. The Kier molecular flexibility index (Phi) is 2.43. The standard InChI is InChI=1S/C9H11NO2/c1-6(2)3-4-7-5-8(11)10-9(7)12/h3,5H,4H2,1-2H3,(H,10,11,12). The van der Waals surface area contributed by atoms with Gasteiger partial charge < -0.3 is 0 Å². The fourth-order valence-corrected chi connectivity index (χ4v) is 0.918. The van der Waals surface area contributed by atoms with E-state index >= 15 is 0 Å². The Balaban J connectivity index is 2.65. The van der Waals surface area contributed by atoms with Crippen LogP contribution in [0.1, 0.15) is 20.3 Å². The fourth-order valence-electron chi connectivity index (χ4n) is 0.918. The number of imide groups is 1. The van der Waals surface area contributed by atoms with E-state index < -0.39 is 0 Å². The van der Waals surface area contributed by atoms with Crippen molar-refractivity contribution in [3.8, 4) is 0 Å². The van der Waals surface area contributed by atoms with E-state index in [1.807, 2.05) is 19.9 Å². The zero-order valence-corrected chi connectivity index (χ0v) is 7.18. The third kappa shape index (κ3) is 2.05.